The third-order valence-corrected chi connectivity index (χ3v) is 5.01. The van der Waals surface area contributed by atoms with Gasteiger partial charge in [0.25, 0.3) is 5.91 Å². The number of hydrogen-bond donors (Lipinski definition) is 2. The molecular weight excluding hydrogens is 404 g/mol. The summed E-state index contributed by atoms with van der Waals surface area (Å²) in [6, 6.07) is 0.962. The molecule has 0 aromatic carbocycles. The number of urea groups is 1. The van der Waals surface area contributed by atoms with Gasteiger partial charge in [-0.1, -0.05) is 0 Å². The quantitative estimate of drug-likeness (QED) is 0.741. The van der Waals surface area contributed by atoms with E-state index in [1.807, 2.05) is 5.32 Å². The fraction of sp³-hybridized carbons (Fsp3) is 0.300. The van der Waals surface area contributed by atoms with E-state index in [0.717, 1.165) is 8.26 Å². The van der Waals surface area contributed by atoms with E-state index >= 15 is 0 Å². The minimum atomic E-state index is -0.686. The van der Waals surface area contributed by atoms with E-state index in [2.05, 4.69) is 37.2 Å². The summed E-state index contributed by atoms with van der Waals surface area (Å²) in [5, 5.41) is 4.41. The fourth-order valence-electron chi connectivity index (χ4n) is 1.02. The van der Waals surface area contributed by atoms with Crippen molar-refractivity contribution in [2.24, 2.45) is 0 Å². The molecule has 1 rings (SSSR count). The van der Waals surface area contributed by atoms with Crippen LogP contribution >= 0.6 is 43.2 Å². The second kappa shape index (κ2) is 7.61. The summed E-state index contributed by atoms with van der Waals surface area (Å²) in [6.45, 7) is 1.61. The molecule has 1 heterocycles. The van der Waals surface area contributed by atoms with Gasteiger partial charge in [-0.25, -0.2) is 9.59 Å². The first-order chi connectivity index (χ1) is 8.93. The molecule has 0 atom stereocenters. The van der Waals surface area contributed by atoms with Gasteiger partial charge in [0.1, 0.15) is 4.88 Å². The number of thiophene rings is 1. The first-order valence-electron chi connectivity index (χ1n) is 5.13. The summed E-state index contributed by atoms with van der Waals surface area (Å²) in [4.78, 5) is 34.2. The number of nitrogens with one attached hydrogen (secondary N) is 2. The van der Waals surface area contributed by atoms with Crippen molar-refractivity contribution in [2.75, 3.05) is 13.2 Å². The fourth-order valence-corrected chi connectivity index (χ4v) is 2.95. The Bertz CT molecular complexity index is 484. The molecule has 0 bridgehead atoms. The van der Waals surface area contributed by atoms with Crippen molar-refractivity contribution >= 4 is 61.1 Å². The smallest absolute Gasteiger partial charge is 0.348 e. The molecule has 0 radical (unpaired) electrons. The highest BCUT2D eigenvalue weighted by Crippen LogP contribution is 2.32. The predicted octanol–water partition coefficient (Wildman–Crippen LogP) is 2.28. The zero-order valence-corrected chi connectivity index (χ0v) is 13.8. The largest absolute Gasteiger partial charge is 0.451 e. The molecule has 19 heavy (non-hydrogen) atoms. The minimum absolute atomic E-state index is 0.351. The molecule has 0 aliphatic carbocycles. The van der Waals surface area contributed by atoms with Crippen molar-refractivity contribution in [3.8, 4) is 0 Å². The van der Waals surface area contributed by atoms with Crippen molar-refractivity contribution < 1.29 is 19.1 Å². The second-order valence-electron chi connectivity index (χ2n) is 3.22. The average Bonchev–Trinajstić information content (AvgIpc) is 2.67. The summed E-state index contributed by atoms with van der Waals surface area (Å²) in [7, 11) is 0. The van der Waals surface area contributed by atoms with Gasteiger partial charge in [0.2, 0.25) is 0 Å². The number of carbonyl (C=O) groups excluding carboxylic acids is 3. The molecule has 1 aromatic rings. The molecule has 0 unspecified atom stereocenters. The lowest BCUT2D eigenvalue weighted by atomic mass is 10.5. The van der Waals surface area contributed by atoms with Crippen LogP contribution in [-0.2, 0) is 9.53 Å². The lowest BCUT2D eigenvalue weighted by molar-refractivity contribution is -0.123. The molecule has 0 saturated carbocycles. The van der Waals surface area contributed by atoms with Gasteiger partial charge in [-0.05, 0) is 44.8 Å². The number of imide groups is 1. The molecule has 3 amide bonds. The number of rotatable bonds is 4. The predicted molar refractivity (Wildman–Crippen MR) is 77.2 cm³/mol. The van der Waals surface area contributed by atoms with Gasteiger partial charge in [0.05, 0.1) is 3.79 Å². The molecule has 0 spiro atoms. The third-order valence-electron chi connectivity index (χ3n) is 1.77. The molecule has 2 N–H and O–H groups in total. The topological polar surface area (TPSA) is 84.5 Å². The maximum absolute atomic E-state index is 11.6. The summed E-state index contributed by atoms with van der Waals surface area (Å²) in [5.74, 6) is -1.31. The Morgan fingerprint density at radius 1 is 1.37 bits per heavy atom. The van der Waals surface area contributed by atoms with E-state index < -0.39 is 24.5 Å². The normalized spacial score (nSPS) is 9.84. The maximum atomic E-state index is 11.6. The van der Waals surface area contributed by atoms with E-state index in [-0.39, 0.29) is 0 Å². The van der Waals surface area contributed by atoms with Crippen LogP contribution in [0.4, 0.5) is 4.79 Å². The van der Waals surface area contributed by atoms with Gasteiger partial charge in [-0.2, -0.15) is 0 Å². The van der Waals surface area contributed by atoms with Gasteiger partial charge in [-0.3, -0.25) is 10.1 Å². The van der Waals surface area contributed by atoms with Crippen LogP contribution in [0.5, 0.6) is 0 Å². The van der Waals surface area contributed by atoms with E-state index in [9.17, 15) is 14.4 Å². The Hall–Kier alpha value is -0.930. The van der Waals surface area contributed by atoms with Crippen molar-refractivity contribution in [1.82, 2.24) is 10.6 Å². The molecular formula is C10H10Br2N2O4S. The zero-order valence-electron chi connectivity index (χ0n) is 9.79. The van der Waals surface area contributed by atoms with E-state index in [1.54, 1.807) is 13.0 Å². The zero-order chi connectivity index (χ0) is 14.4. The summed E-state index contributed by atoms with van der Waals surface area (Å²) in [5.41, 5.74) is 0. The SMILES string of the molecule is CCNC(=O)NC(=O)COC(=O)c1cc(Br)c(Br)s1. The van der Waals surface area contributed by atoms with Crippen molar-refractivity contribution in [3.05, 3.63) is 19.2 Å². The molecule has 0 fully saturated rings. The Balaban J connectivity index is 2.42. The van der Waals surface area contributed by atoms with Crippen LogP contribution in [-0.4, -0.2) is 31.1 Å². The highest BCUT2D eigenvalue weighted by atomic mass is 79.9. The number of esters is 1. The first kappa shape index (κ1) is 16.1. The van der Waals surface area contributed by atoms with Crippen LogP contribution in [0.15, 0.2) is 14.3 Å². The number of halogens is 2. The lowest BCUT2D eigenvalue weighted by Crippen LogP contribution is -2.41. The van der Waals surface area contributed by atoms with Crippen LogP contribution in [0.25, 0.3) is 0 Å². The highest BCUT2D eigenvalue weighted by molar-refractivity contribution is 9.13. The monoisotopic (exact) mass is 412 g/mol. The van der Waals surface area contributed by atoms with Crippen molar-refractivity contribution in [1.29, 1.82) is 0 Å². The summed E-state index contributed by atoms with van der Waals surface area (Å²) in [6.07, 6.45) is 0. The first-order valence-corrected chi connectivity index (χ1v) is 7.54. The number of amides is 3. The molecule has 0 saturated heterocycles. The van der Waals surface area contributed by atoms with Gasteiger partial charge in [-0.15, -0.1) is 11.3 Å². The van der Waals surface area contributed by atoms with E-state index in [4.69, 9.17) is 4.74 Å². The van der Waals surface area contributed by atoms with Gasteiger partial charge in [0, 0.05) is 11.0 Å². The van der Waals surface area contributed by atoms with Gasteiger partial charge in [0.15, 0.2) is 6.61 Å². The van der Waals surface area contributed by atoms with E-state index in [1.165, 1.54) is 11.3 Å². The Labute approximate surface area is 130 Å². The highest BCUT2D eigenvalue weighted by Gasteiger charge is 2.15. The van der Waals surface area contributed by atoms with E-state index in [0.29, 0.717) is 11.4 Å². The third kappa shape index (κ3) is 5.29. The van der Waals surface area contributed by atoms with Crippen molar-refractivity contribution in [3.63, 3.8) is 0 Å². The molecule has 104 valence electrons. The Kier molecular flexibility index (Phi) is 6.46. The van der Waals surface area contributed by atoms with Crippen LogP contribution in [0, 0.1) is 0 Å². The lowest BCUT2D eigenvalue weighted by Gasteiger charge is -2.05. The summed E-state index contributed by atoms with van der Waals surface area (Å²) < 4.78 is 6.26. The number of carbonyl (C=O) groups is 3. The average molecular weight is 414 g/mol. The molecule has 6 nitrogen and oxygen atoms in total. The van der Waals surface area contributed by atoms with Gasteiger partial charge >= 0.3 is 12.0 Å². The maximum Gasteiger partial charge on any atom is 0.348 e. The van der Waals surface area contributed by atoms with Crippen LogP contribution in [0.3, 0.4) is 0 Å². The Morgan fingerprint density at radius 3 is 2.58 bits per heavy atom. The molecule has 0 aliphatic heterocycles. The summed E-state index contributed by atoms with van der Waals surface area (Å²) >= 11 is 7.66. The molecule has 0 aliphatic rings. The minimum Gasteiger partial charge on any atom is -0.451 e. The number of hydrogen-bond acceptors (Lipinski definition) is 5. The van der Waals surface area contributed by atoms with Crippen molar-refractivity contribution in [2.45, 2.75) is 6.92 Å². The van der Waals surface area contributed by atoms with Crippen LogP contribution in [0.1, 0.15) is 16.6 Å². The van der Waals surface area contributed by atoms with Crippen LogP contribution < -0.4 is 10.6 Å². The van der Waals surface area contributed by atoms with Gasteiger partial charge < -0.3 is 10.1 Å². The number of ether oxygens (including phenoxy) is 1. The standard InChI is InChI=1S/C10H10Br2N2O4S/c1-2-13-10(17)14-7(15)4-18-9(16)6-3-5(11)8(12)19-6/h3H,2,4H2,1H3,(H2,13,14,15,17). The second-order valence-corrected chi connectivity index (χ2v) is 6.44. The molecule has 9 heteroatoms. The Morgan fingerprint density at radius 2 is 2.05 bits per heavy atom. The van der Waals surface area contributed by atoms with Crippen LogP contribution in [0.2, 0.25) is 0 Å². The molecule has 1 aromatic heterocycles.